The zero-order chi connectivity index (χ0) is 16.5. The molecule has 5 nitrogen and oxygen atoms in total. The van der Waals surface area contributed by atoms with E-state index in [1.807, 2.05) is 37.3 Å². The molecule has 1 fully saturated rings. The molecule has 0 saturated heterocycles. The van der Waals surface area contributed by atoms with Gasteiger partial charge in [-0.1, -0.05) is 30.3 Å². The molecule has 1 aliphatic carbocycles. The lowest BCUT2D eigenvalue weighted by Crippen LogP contribution is -2.40. The Bertz CT molecular complexity index is 490. The summed E-state index contributed by atoms with van der Waals surface area (Å²) in [6.45, 7) is 7.15. The van der Waals surface area contributed by atoms with Crippen LogP contribution in [0, 0.1) is 5.92 Å². The molecule has 1 saturated carbocycles. The van der Waals surface area contributed by atoms with E-state index < -0.39 is 5.60 Å². The van der Waals surface area contributed by atoms with Crippen molar-refractivity contribution >= 4 is 29.9 Å². The fourth-order valence-corrected chi connectivity index (χ4v) is 2.24. The average Bonchev–Trinajstić information content (AvgIpc) is 3.37. The van der Waals surface area contributed by atoms with Gasteiger partial charge >= 0.3 is 0 Å². The molecule has 2 rings (SSSR count). The first-order valence-electron chi connectivity index (χ1n) is 8.49. The Morgan fingerprint density at radius 2 is 2.00 bits per heavy atom. The minimum absolute atomic E-state index is 0. The second-order valence-corrected chi connectivity index (χ2v) is 6.28. The summed E-state index contributed by atoms with van der Waals surface area (Å²) in [5.74, 6) is 1.50. The highest BCUT2D eigenvalue weighted by Crippen LogP contribution is 2.28. The molecule has 0 aromatic heterocycles. The van der Waals surface area contributed by atoms with Gasteiger partial charge in [-0.25, -0.2) is 4.99 Å². The van der Waals surface area contributed by atoms with Gasteiger partial charge in [0.15, 0.2) is 5.96 Å². The Labute approximate surface area is 162 Å². The highest BCUT2D eigenvalue weighted by atomic mass is 127. The molecule has 1 aromatic carbocycles. The zero-order valence-corrected chi connectivity index (χ0v) is 17.0. The van der Waals surface area contributed by atoms with Crippen molar-refractivity contribution in [3.05, 3.63) is 35.9 Å². The molecule has 0 bridgehead atoms. The first-order valence-corrected chi connectivity index (χ1v) is 8.49. The van der Waals surface area contributed by atoms with E-state index in [0.717, 1.165) is 24.6 Å². The van der Waals surface area contributed by atoms with Crippen molar-refractivity contribution in [2.24, 2.45) is 10.9 Å². The number of hydrogen-bond acceptors (Lipinski definition) is 3. The van der Waals surface area contributed by atoms with E-state index in [-0.39, 0.29) is 24.0 Å². The predicted molar refractivity (Wildman–Crippen MR) is 109 cm³/mol. The maximum atomic E-state index is 10.6. The number of aliphatic imine (C=N–C) groups is 1. The number of hydrogen-bond donors (Lipinski definition) is 3. The van der Waals surface area contributed by atoms with Crippen LogP contribution < -0.4 is 10.6 Å². The van der Waals surface area contributed by atoms with Gasteiger partial charge in [-0.2, -0.15) is 0 Å². The molecule has 1 aromatic rings. The number of guanidine groups is 1. The van der Waals surface area contributed by atoms with E-state index in [1.54, 1.807) is 6.92 Å². The molecule has 0 spiro atoms. The Balaban J connectivity index is 0.00000288. The monoisotopic (exact) mass is 447 g/mol. The molecule has 6 heteroatoms. The third kappa shape index (κ3) is 7.81. The molecule has 0 radical (unpaired) electrons. The molecule has 0 amide bonds. The molecular formula is C18H30IN3O2. The van der Waals surface area contributed by atoms with Crippen LogP contribution in [0.25, 0.3) is 0 Å². The van der Waals surface area contributed by atoms with Crippen LogP contribution in [0.2, 0.25) is 0 Å². The largest absolute Gasteiger partial charge is 0.384 e. The summed E-state index contributed by atoms with van der Waals surface area (Å²) in [5, 5.41) is 17.0. The topological polar surface area (TPSA) is 65.9 Å². The summed E-state index contributed by atoms with van der Waals surface area (Å²) < 4.78 is 5.61. The van der Waals surface area contributed by atoms with Crippen LogP contribution in [0.15, 0.2) is 35.3 Å². The van der Waals surface area contributed by atoms with Gasteiger partial charge in [-0.05, 0) is 38.2 Å². The molecule has 136 valence electrons. The van der Waals surface area contributed by atoms with Crippen LogP contribution in [0.1, 0.15) is 32.3 Å². The number of benzene rings is 1. The van der Waals surface area contributed by atoms with Gasteiger partial charge in [-0.15, -0.1) is 24.0 Å². The Hall–Kier alpha value is -0.860. The van der Waals surface area contributed by atoms with Crippen LogP contribution >= 0.6 is 24.0 Å². The van der Waals surface area contributed by atoms with Crippen molar-refractivity contribution in [1.82, 2.24) is 10.6 Å². The fraction of sp³-hybridized carbons (Fsp3) is 0.611. The van der Waals surface area contributed by atoms with E-state index in [1.165, 1.54) is 12.8 Å². The molecule has 1 aliphatic rings. The molecule has 0 heterocycles. The minimum Gasteiger partial charge on any atom is -0.384 e. The highest BCUT2D eigenvalue weighted by Gasteiger charge is 2.22. The second kappa shape index (κ2) is 10.9. The van der Waals surface area contributed by atoms with Gasteiger partial charge in [0.05, 0.1) is 13.2 Å². The van der Waals surface area contributed by atoms with Crippen molar-refractivity contribution < 1.29 is 9.84 Å². The molecule has 1 unspecified atom stereocenters. The normalized spacial score (nSPS) is 16.9. The Morgan fingerprint density at radius 3 is 2.62 bits per heavy atom. The summed E-state index contributed by atoms with van der Waals surface area (Å²) >= 11 is 0. The summed E-state index contributed by atoms with van der Waals surface area (Å²) in [6, 6.07) is 9.63. The van der Waals surface area contributed by atoms with Gasteiger partial charge in [0.1, 0.15) is 5.60 Å². The summed E-state index contributed by atoms with van der Waals surface area (Å²) in [6.07, 6.45) is 2.62. The summed E-state index contributed by atoms with van der Waals surface area (Å²) in [5.41, 5.74) is -0.112. The first-order chi connectivity index (χ1) is 11.1. The molecule has 1 atom stereocenters. The Kier molecular flexibility index (Phi) is 9.61. The molecule has 24 heavy (non-hydrogen) atoms. The molecule has 3 N–H and O–H groups in total. The van der Waals surface area contributed by atoms with Crippen molar-refractivity contribution in [2.45, 2.75) is 32.3 Å². The quantitative estimate of drug-likeness (QED) is 0.236. The van der Waals surface area contributed by atoms with E-state index in [9.17, 15) is 5.11 Å². The molecule has 0 aliphatic heterocycles. The highest BCUT2D eigenvalue weighted by molar-refractivity contribution is 14.0. The number of aliphatic hydroxyl groups is 1. The van der Waals surface area contributed by atoms with Crippen molar-refractivity contribution in [3.8, 4) is 0 Å². The van der Waals surface area contributed by atoms with E-state index in [0.29, 0.717) is 25.7 Å². The third-order valence-electron chi connectivity index (χ3n) is 3.87. The van der Waals surface area contributed by atoms with Crippen LogP contribution in [-0.4, -0.2) is 43.9 Å². The summed E-state index contributed by atoms with van der Waals surface area (Å²) in [7, 11) is 0. The van der Waals surface area contributed by atoms with Crippen molar-refractivity contribution in [2.75, 3.05) is 32.8 Å². The van der Waals surface area contributed by atoms with Crippen LogP contribution in [0.3, 0.4) is 0 Å². The number of nitrogens with one attached hydrogen (secondary N) is 2. The van der Waals surface area contributed by atoms with Gasteiger partial charge in [-0.3, -0.25) is 0 Å². The maximum absolute atomic E-state index is 10.6. The number of halogens is 1. The maximum Gasteiger partial charge on any atom is 0.191 e. The average molecular weight is 447 g/mol. The van der Waals surface area contributed by atoms with Gasteiger partial charge < -0.3 is 20.5 Å². The van der Waals surface area contributed by atoms with Crippen LogP contribution in [0.4, 0.5) is 0 Å². The van der Waals surface area contributed by atoms with Crippen LogP contribution in [-0.2, 0) is 10.3 Å². The Morgan fingerprint density at radius 1 is 1.29 bits per heavy atom. The number of ether oxygens (including phenoxy) is 1. The van der Waals surface area contributed by atoms with Crippen LogP contribution in [0.5, 0.6) is 0 Å². The molecular weight excluding hydrogens is 417 g/mol. The lowest BCUT2D eigenvalue weighted by Gasteiger charge is -2.22. The number of rotatable bonds is 9. The fourth-order valence-electron chi connectivity index (χ4n) is 2.24. The van der Waals surface area contributed by atoms with E-state index in [4.69, 9.17) is 4.74 Å². The second-order valence-electron chi connectivity index (χ2n) is 6.28. The SMILES string of the molecule is CCNC(=NCC(C)(O)c1ccccc1)NCCOCC1CC1.I. The van der Waals surface area contributed by atoms with E-state index in [2.05, 4.69) is 15.6 Å². The van der Waals surface area contributed by atoms with E-state index >= 15 is 0 Å². The zero-order valence-electron chi connectivity index (χ0n) is 14.6. The summed E-state index contributed by atoms with van der Waals surface area (Å²) in [4.78, 5) is 4.50. The van der Waals surface area contributed by atoms with Gasteiger partial charge in [0.25, 0.3) is 0 Å². The smallest absolute Gasteiger partial charge is 0.191 e. The minimum atomic E-state index is -0.980. The third-order valence-corrected chi connectivity index (χ3v) is 3.87. The lowest BCUT2D eigenvalue weighted by atomic mass is 9.96. The predicted octanol–water partition coefficient (Wildman–Crippen LogP) is 2.49. The van der Waals surface area contributed by atoms with Gasteiger partial charge in [0, 0.05) is 19.7 Å². The van der Waals surface area contributed by atoms with Gasteiger partial charge in [0.2, 0.25) is 0 Å². The lowest BCUT2D eigenvalue weighted by molar-refractivity contribution is 0.0672. The standard InChI is InChI=1S/C18H29N3O2.HI/c1-3-19-17(20-11-12-23-13-15-9-10-15)21-14-18(2,22)16-7-5-4-6-8-16;/h4-8,15,22H,3,9-14H2,1-2H3,(H2,19,20,21);1H. The van der Waals surface area contributed by atoms with Crippen molar-refractivity contribution in [1.29, 1.82) is 0 Å². The number of nitrogens with zero attached hydrogens (tertiary/aromatic N) is 1. The first kappa shape index (κ1) is 21.2. The van der Waals surface area contributed by atoms with Crippen molar-refractivity contribution in [3.63, 3.8) is 0 Å².